The zero-order chi connectivity index (χ0) is 16.4. The summed E-state index contributed by atoms with van der Waals surface area (Å²) in [7, 11) is 0. The van der Waals surface area contributed by atoms with Gasteiger partial charge in [0.2, 0.25) is 0 Å². The van der Waals surface area contributed by atoms with E-state index in [0.717, 1.165) is 6.42 Å². The van der Waals surface area contributed by atoms with Crippen molar-refractivity contribution in [1.29, 1.82) is 5.26 Å². The Morgan fingerprint density at radius 2 is 1.91 bits per heavy atom. The van der Waals surface area contributed by atoms with Crippen molar-refractivity contribution in [2.75, 3.05) is 0 Å². The van der Waals surface area contributed by atoms with Crippen LogP contribution in [0.3, 0.4) is 0 Å². The molecule has 23 heavy (non-hydrogen) atoms. The molecule has 2 nitrogen and oxygen atoms in total. The fourth-order valence-corrected chi connectivity index (χ4v) is 3.37. The van der Waals surface area contributed by atoms with Gasteiger partial charge in [0.1, 0.15) is 6.04 Å². The van der Waals surface area contributed by atoms with Crippen molar-refractivity contribution in [1.82, 2.24) is 5.32 Å². The third-order valence-corrected chi connectivity index (χ3v) is 4.89. The second kappa shape index (κ2) is 6.18. The summed E-state index contributed by atoms with van der Waals surface area (Å²) in [6.07, 6.45) is 12.0. The Balaban J connectivity index is 1.82. The summed E-state index contributed by atoms with van der Waals surface area (Å²) in [6, 6.07) is 11.5. The predicted molar refractivity (Wildman–Crippen MR) is 95.8 cm³/mol. The van der Waals surface area contributed by atoms with Gasteiger partial charge < -0.3 is 0 Å². The second-order valence-corrected chi connectivity index (χ2v) is 7.07. The molecule has 1 aliphatic carbocycles. The summed E-state index contributed by atoms with van der Waals surface area (Å²) in [5, 5.41) is 12.6. The summed E-state index contributed by atoms with van der Waals surface area (Å²) >= 11 is 0. The Labute approximate surface area is 139 Å². The average molecular weight is 304 g/mol. The summed E-state index contributed by atoms with van der Waals surface area (Å²) in [4.78, 5) is 0. The minimum absolute atomic E-state index is 0.0495. The van der Waals surface area contributed by atoms with Gasteiger partial charge in [0.05, 0.1) is 6.07 Å². The van der Waals surface area contributed by atoms with Crippen molar-refractivity contribution >= 4 is 5.57 Å². The fourth-order valence-electron chi connectivity index (χ4n) is 3.37. The van der Waals surface area contributed by atoms with Crippen LogP contribution in [0, 0.1) is 16.7 Å². The number of hydrogen-bond acceptors (Lipinski definition) is 2. The minimum atomic E-state index is -0.0495. The van der Waals surface area contributed by atoms with E-state index in [1.54, 1.807) is 0 Å². The first-order valence-corrected chi connectivity index (χ1v) is 8.39. The van der Waals surface area contributed by atoms with E-state index in [9.17, 15) is 5.26 Å². The molecule has 118 valence electrons. The number of allylic oxidation sites excluding steroid dienone is 6. The molecule has 0 aromatic heterocycles. The molecule has 0 radical (unpaired) electrons. The average Bonchev–Trinajstić information content (AvgIpc) is 2.69. The SMILES string of the molecule is CCC1NC(C#N)C1c1ccc(C2=CC=CC(C)(C)C=C2)cc1. The lowest BCUT2D eigenvalue weighted by Gasteiger charge is -2.42. The first kappa shape index (κ1) is 15.8. The van der Waals surface area contributed by atoms with Crippen molar-refractivity contribution in [3.63, 3.8) is 0 Å². The van der Waals surface area contributed by atoms with E-state index in [2.05, 4.69) is 86.8 Å². The van der Waals surface area contributed by atoms with Crippen LogP contribution >= 0.6 is 0 Å². The van der Waals surface area contributed by atoms with E-state index < -0.39 is 0 Å². The Bertz CT molecular complexity index is 698. The third-order valence-electron chi connectivity index (χ3n) is 4.89. The first-order chi connectivity index (χ1) is 11.0. The molecular formula is C21H24N2. The minimum Gasteiger partial charge on any atom is -0.298 e. The van der Waals surface area contributed by atoms with E-state index in [1.807, 2.05) is 0 Å². The Morgan fingerprint density at radius 1 is 1.17 bits per heavy atom. The molecule has 2 aliphatic rings. The summed E-state index contributed by atoms with van der Waals surface area (Å²) in [6.45, 7) is 6.58. The van der Waals surface area contributed by atoms with E-state index >= 15 is 0 Å². The highest BCUT2D eigenvalue weighted by atomic mass is 15.1. The summed E-state index contributed by atoms with van der Waals surface area (Å²) < 4.78 is 0. The zero-order valence-corrected chi connectivity index (χ0v) is 14.1. The molecule has 1 saturated heterocycles. The number of rotatable bonds is 3. The molecule has 1 aromatic rings. The van der Waals surface area contributed by atoms with Gasteiger partial charge in [-0.1, -0.05) is 75.4 Å². The monoisotopic (exact) mass is 304 g/mol. The van der Waals surface area contributed by atoms with Gasteiger partial charge in [-0.25, -0.2) is 0 Å². The van der Waals surface area contributed by atoms with Gasteiger partial charge in [-0.05, 0) is 23.1 Å². The molecule has 2 heteroatoms. The molecule has 1 aromatic carbocycles. The Morgan fingerprint density at radius 3 is 2.57 bits per heavy atom. The lowest BCUT2D eigenvalue weighted by atomic mass is 9.76. The molecule has 3 rings (SSSR count). The molecule has 0 saturated carbocycles. The highest BCUT2D eigenvalue weighted by molar-refractivity contribution is 5.76. The topological polar surface area (TPSA) is 35.8 Å². The molecule has 0 bridgehead atoms. The van der Waals surface area contributed by atoms with E-state index in [1.165, 1.54) is 16.7 Å². The molecule has 0 spiro atoms. The molecular weight excluding hydrogens is 280 g/mol. The van der Waals surface area contributed by atoms with Crippen molar-refractivity contribution < 1.29 is 0 Å². The van der Waals surface area contributed by atoms with Crippen molar-refractivity contribution in [3.8, 4) is 6.07 Å². The van der Waals surface area contributed by atoms with Gasteiger partial charge in [0, 0.05) is 17.4 Å². The van der Waals surface area contributed by atoms with E-state index in [4.69, 9.17) is 0 Å². The van der Waals surface area contributed by atoms with Crippen molar-refractivity contribution in [2.24, 2.45) is 5.41 Å². The van der Waals surface area contributed by atoms with Crippen LogP contribution in [0.15, 0.2) is 54.6 Å². The first-order valence-electron chi connectivity index (χ1n) is 8.39. The number of nitriles is 1. The molecule has 0 amide bonds. The molecule has 1 heterocycles. The van der Waals surface area contributed by atoms with E-state index in [-0.39, 0.29) is 11.5 Å². The lowest BCUT2D eigenvalue weighted by Crippen LogP contribution is -2.58. The van der Waals surface area contributed by atoms with Crippen LogP contribution in [0.4, 0.5) is 0 Å². The molecule has 3 unspecified atom stereocenters. The van der Waals surface area contributed by atoms with Gasteiger partial charge in [-0.15, -0.1) is 0 Å². The Kier molecular flexibility index (Phi) is 4.24. The highest BCUT2D eigenvalue weighted by Gasteiger charge is 2.40. The maximum Gasteiger partial charge on any atom is 0.104 e. The van der Waals surface area contributed by atoms with Crippen LogP contribution < -0.4 is 5.32 Å². The van der Waals surface area contributed by atoms with Crippen LogP contribution in [-0.4, -0.2) is 12.1 Å². The van der Waals surface area contributed by atoms with Gasteiger partial charge in [0.25, 0.3) is 0 Å². The number of nitrogens with one attached hydrogen (secondary N) is 1. The van der Waals surface area contributed by atoms with Crippen LogP contribution in [-0.2, 0) is 0 Å². The van der Waals surface area contributed by atoms with Crippen LogP contribution in [0.5, 0.6) is 0 Å². The van der Waals surface area contributed by atoms with Crippen LogP contribution in [0.1, 0.15) is 44.2 Å². The normalized spacial score (nSPS) is 28.4. The van der Waals surface area contributed by atoms with Crippen molar-refractivity contribution in [2.45, 2.75) is 45.2 Å². The van der Waals surface area contributed by atoms with Gasteiger partial charge >= 0.3 is 0 Å². The summed E-state index contributed by atoms with van der Waals surface area (Å²) in [5.41, 5.74) is 3.82. The number of hydrogen-bond donors (Lipinski definition) is 1. The highest BCUT2D eigenvalue weighted by Crippen LogP contribution is 2.34. The maximum absolute atomic E-state index is 9.23. The quantitative estimate of drug-likeness (QED) is 0.887. The van der Waals surface area contributed by atoms with Crippen LogP contribution in [0.2, 0.25) is 0 Å². The standard InChI is InChI=1S/C21H24N2/c1-4-18-20(19(14-22)23-18)17-9-7-16(8-10-17)15-6-5-12-21(2,3)13-11-15/h5-13,18-20,23H,4H2,1-3H3. The number of benzene rings is 1. The van der Waals surface area contributed by atoms with Gasteiger partial charge in [-0.2, -0.15) is 5.26 Å². The lowest BCUT2D eigenvalue weighted by molar-refractivity contribution is 0.250. The molecule has 1 fully saturated rings. The zero-order valence-electron chi connectivity index (χ0n) is 14.1. The molecule has 1 N–H and O–H groups in total. The van der Waals surface area contributed by atoms with E-state index in [0.29, 0.717) is 12.0 Å². The number of nitrogens with zero attached hydrogens (tertiary/aromatic N) is 1. The largest absolute Gasteiger partial charge is 0.298 e. The van der Waals surface area contributed by atoms with Gasteiger partial charge in [-0.3, -0.25) is 5.32 Å². The molecule has 1 aliphatic heterocycles. The predicted octanol–water partition coefficient (Wildman–Crippen LogP) is 4.58. The maximum atomic E-state index is 9.23. The van der Waals surface area contributed by atoms with Crippen LogP contribution in [0.25, 0.3) is 5.57 Å². The Hall–Kier alpha value is -2.11. The van der Waals surface area contributed by atoms with Crippen molar-refractivity contribution in [3.05, 3.63) is 65.8 Å². The smallest absolute Gasteiger partial charge is 0.104 e. The molecule has 3 atom stereocenters. The summed E-state index contributed by atoms with van der Waals surface area (Å²) in [5.74, 6) is 0.316. The third kappa shape index (κ3) is 3.16. The van der Waals surface area contributed by atoms with Gasteiger partial charge in [0.15, 0.2) is 0 Å². The fraction of sp³-hybridized carbons (Fsp3) is 0.381. The second-order valence-electron chi connectivity index (χ2n) is 7.07.